The Morgan fingerprint density at radius 2 is 1.44 bits per heavy atom. The standard InChI is InChI=1S/C2Cl3F3O/c3-1(4,9-8)2(5,6)7. The first-order chi connectivity index (χ1) is 3.81. The lowest BCUT2D eigenvalue weighted by Gasteiger charge is -2.17. The summed E-state index contributed by atoms with van der Waals surface area (Å²) in [6, 6.07) is 0. The molecule has 0 atom stereocenters. The summed E-state index contributed by atoms with van der Waals surface area (Å²) in [6.45, 7) is 0. The van der Waals surface area contributed by atoms with Crippen LogP contribution >= 0.6 is 34.8 Å². The highest BCUT2D eigenvalue weighted by molar-refractivity contribution is 6.51. The molecular weight excluding hydrogens is 203 g/mol. The molecule has 7 heteroatoms. The highest BCUT2D eigenvalue weighted by atomic mass is 35.5. The maximum Gasteiger partial charge on any atom is 0.381 e. The Kier molecular flexibility index (Phi) is 2.88. The molecule has 0 spiro atoms. The van der Waals surface area contributed by atoms with E-state index in [2.05, 4.69) is 39.7 Å². The zero-order chi connectivity index (χ0) is 7.71. The quantitative estimate of drug-likeness (QED) is 0.627. The average molecular weight is 203 g/mol. The minimum absolute atomic E-state index is 2.45. The van der Waals surface area contributed by atoms with Crippen molar-refractivity contribution in [3.05, 3.63) is 0 Å². The van der Waals surface area contributed by atoms with Gasteiger partial charge in [0, 0.05) is 0 Å². The third-order valence-electron chi connectivity index (χ3n) is 0.427. The predicted octanol–water partition coefficient (Wildman–Crippen LogP) is 2.85. The van der Waals surface area contributed by atoms with Gasteiger partial charge in [0.15, 0.2) is 0 Å². The number of rotatable bonds is 2. The number of halogens is 6. The van der Waals surface area contributed by atoms with E-state index in [9.17, 15) is 13.3 Å². The lowest BCUT2D eigenvalue weighted by molar-refractivity contribution is -0.215. The third kappa shape index (κ3) is 2.37. The molecule has 0 aromatic rings. The van der Waals surface area contributed by atoms with Crippen LogP contribution in [0.4, 0.5) is 13.3 Å². The molecule has 0 aromatic heterocycles. The van der Waals surface area contributed by atoms with Crippen molar-refractivity contribution >= 4 is 34.8 Å². The summed E-state index contributed by atoms with van der Waals surface area (Å²) < 4.78 is 30.9. The first kappa shape index (κ1) is 9.62. The summed E-state index contributed by atoms with van der Waals surface area (Å²) in [7, 11) is 0. The number of alkyl halides is 5. The van der Waals surface area contributed by atoms with Gasteiger partial charge in [0.25, 0.3) is 0 Å². The van der Waals surface area contributed by atoms with E-state index in [1.54, 1.807) is 0 Å². The molecule has 0 saturated heterocycles. The molecule has 0 bridgehead atoms. The van der Waals surface area contributed by atoms with E-state index in [-0.39, 0.29) is 0 Å². The van der Waals surface area contributed by atoms with Crippen molar-refractivity contribution in [1.29, 1.82) is 0 Å². The van der Waals surface area contributed by atoms with Gasteiger partial charge in [-0.25, -0.2) is 0 Å². The lowest BCUT2D eigenvalue weighted by atomic mass is 10.7. The highest BCUT2D eigenvalue weighted by Crippen LogP contribution is 2.42. The van der Waals surface area contributed by atoms with E-state index >= 15 is 0 Å². The smallest absolute Gasteiger partial charge is 0.182 e. The van der Waals surface area contributed by atoms with Crippen molar-refractivity contribution < 1.29 is 18.2 Å². The summed E-state index contributed by atoms with van der Waals surface area (Å²) in [5, 5.41) is -4.15. The van der Waals surface area contributed by atoms with Crippen LogP contribution in [0.25, 0.3) is 0 Å². The van der Waals surface area contributed by atoms with Gasteiger partial charge in [0.1, 0.15) is 0 Å². The van der Waals surface area contributed by atoms with Gasteiger partial charge in [-0.2, -0.15) is 8.78 Å². The molecule has 0 N–H and O–H groups in total. The molecule has 9 heavy (non-hydrogen) atoms. The Hall–Kier alpha value is 0.620. The van der Waals surface area contributed by atoms with E-state index in [4.69, 9.17) is 0 Å². The van der Waals surface area contributed by atoms with Gasteiger partial charge >= 0.3 is 9.90 Å². The van der Waals surface area contributed by atoms with Crippen LogP contribution < -0.4 is 0 Å². The predicted molar refractivity (Wildman–Crippen MR) is 27.4 cm³/mol. The molecule has 0 aliphatic heterocycles. The topological polar surface area (TPSA) is 9.23 Å². The molecule has 56 valence electrons. The summed E-state index contributed by atoms with van der Waals surface area (Å²) >= 11 is 13.1. The van der Waals surface area contributed by atoms with E-state index in [1.165, 1.54) is 0 Å². The molecule has 1 nitrogen and oxygen atoms in total. The molecule has 0 aliphatic carbocycles. The normalized spacial score (nSPS) is 14.0. The Balaban J connectivity index is 4.14. The summed E-state index contributed by atoms with van der Waals surface area (Å²) in [6.07, 6.45) is 0. The third-order valence-corrected chi connectivity index (χ3v) is 1.48. The number of hydrogen-bond acceptors (Lipinski definition) is 1. The second-order valence-corrected chi connectivity index (χ2v) is 2.82. The molecule has 0 fully saturated rings. The van der Waals surface area contributed by atoms with E-state index in [0.29, 0.717) is 0 Å². The minimum atomic E-state index is -4.15. The minimum Gasteiger partial charge on any atom is -0.182 e. The lowest BCUT2D eigenvalue weighted by Crippen LogP contribution is -2.33. The Labute approximate surface area is 63.5 Å². The van der Waals surface area contributed by atoms with Gasteiger partial charge < -0.3 is 0 Å². The molecule has 0 rings (SSSR count). The van der Waals surface area contributed by atoms with Gasteiger partial charge in [0.2, 0.25) is 0 Å². The van der Waals surface area contributed by atoms with Gasteiger partial charge in [-0.1, -0.05) is 23.2 Å². The Morgan fingerprint density at radius 1 is 1.11 bits per heavy atom. The number of hydrogen-bond donors (Lipinski definition) is 0. The summed E-state index contributed by atoms with van der Waals surface area (Å²) in [5.74, 6) is 0. The molecule has 0 amide bonds. The van der Waals surface area contributed by atoms with Crippen molar-refractivity contribution in [3.8, 4) is 0 Å². The zero-order valence-electron chi connectivity index (χ0n) is 3.68. The maximum atomic E-state index is 11.6. The maximum absolute atomic E-state index is 11.6. The van der Waals surface area contributed by atoms with Crippen LogP contribution in [0.1, 0.15) is 0 Å². The fourth-order valence-corrected chi connectivity index (χ4v) is 0.0729. The molecule has 0 unspecified atom stereocenters. The monoisotopic (exact) mass is 202 g/mol. The van der Waals surface area contributed by atoms with Crippen molar-refractivity contribution in [2.45, 2.75) is 9.90 Å². The fourth-order valence-electron chi connectivity index (χ4n) is 0.0437. The van der Waals surface area contributed by atoms with E-state index < -0.39 is 9.90 Å². The zero-order valence-corrected chi connectivity index (χ0v) is 5.94. The summed E-state index contributed by atoms with van der Waals surface area (Å²) in [5.41, 5.74) is 0. The molecule has 0 heterocycles. The first-order valence-corrected chi connectivity index (χ1v) is 2.69. The van der Waals surface area contributed by atoms with Crippen molar-refractivity contribution in [1.82, 2.24) is 0 Å². The molecule has 0 saturated carbocycles. The van der Waals surface area contributed by atoms with Crippen LogP contribution in [0.3, 0.4) is 0 Å². The van der Waals surface area contributed by atoms with Crippen LogP contribution in [-0.4, -0.2) is 9.90 Å². The SMILES string of the molecule is FOC(Cl)(Cl)C(F)(F)Cl. The molecule has 0 aliphatic rings. The van der Waals surface area contributed by atoms with Crippen molar-refractivity contribution in [3.63, 3.8) is 0 Å². The van der Waals surface area contributed by atoms with Crippen LogP contribution in [-0.2, 0) is 4.94 Å². The molecule has 0 radical (unpaired) electrons. The van der Waals surface area contributed by atoms with Gasteiger partial charge in [-0.3, -0.25) is 0 Å². The summed E-state index contributed by atoms with van der Waals surface area (Å²) in [4.78, 5) is 2.45. The van der Waals surface area contributed by atoms with Gasteiger partial charge in [-0.05, 0) is 16.1 Å². The van der Waals surface area contributed by atoms with Crippen LogP contribution in [0.15, 0.2) is 0 Å². The van der Waals surface area contributed by atoms with Crippen LogP contribution in [0, 0.1) is 0 Å². The molecular formula is C2Cl3F3O. The largest absolute Gasteiger partial charge is 0.381 e. The van der Waals surface area contributed by atoms with E-state index in [0.717, 1.165) is 0 Å². The second kappa shape index (κ2) is 2.70. The van der Waals surface area contributed by atoms with Crippen molar-refractivity contribution in [2.75, 3.05) is 0 Å². The van der Waals surface area contributed by atoms with Crippen molar-refractivity contribution in [2.24, 2.45) is 0 Å². The van der Waals surface area contributed by atoms with Crippen LogP contribution in [0.5, 0.6) is 0 Å². The fraction of sp³-hybridized carbons (Fsp3) is 1.00. The van der Waals surface area contributed by atoms with Gasteiger partial charge in [-0.15, -0.1) is 4.94 Å². The second-order valence-electron chi connectivity index (χ2n) is 1.09. The Morgan fingerprint density at radius 3 is 1.44 bits per heavy atom. The Bertz CT molecular complexity index is 99.7. The van der Waals surface area contributed by atoms with Crippen LogP contribution in [0.2, 0.25) is 0 Å². The highest BCUT2D eigenvalue weighted by Gasteiger charge is 2.53. The van der Waals surface area contributed by atoms with E-state index in [1.807, 2.05) is 0 Å². The molecule has 0 aromatic carbocycles. The van der Waals surface area contributed by atoms with Gasteiger partial charge in [0.05, 0.1) is 0 Å². The average Bonchev–Trinajstić information content (AvgIpc) is 1.64. The first-order valence-electron chi connectivity index (χ1n) is 1.55.